The van der Waals surface area contributed by atoms with Gasteiger partial charge in [-0.15, -0.1) is 0 Å². The molecule has 4 heteroatoms. The van der Waals surface area contributed by atoms with E-state index in [0.29, 0.717) is 0 Å². The van der Waals surface area contributed by atoms with E-state index < -0.39 is 0 Å². The van der Waals surface area contributed by atoms with Crippen LogP contribution in [0.25, 0.3) is 0 Å². The molecule has 1 aliphatic rings. The summed E-state index contributed by atoms with van der Waals surface area (Å²) in [6.07, 6.45) is 3.51. The second-order valence-electron chi connectivity index (χ2n) is 5.35. The van der Waals surface area contributed by atoms with E-state index in [2.05, 4.69) is 51.3 Å². The fourth-order valence-electron chi connectivity index (χ4n) is 2.40. The lowest BCUT2D eigenvalue weighted by atomic mass is 10.2. The summed E-state index contributed by atoms with van der Waals surface area (Å²) < 4.78 is 6.84. The fraction of sp³-hybridized carbons (Fsp3) is 0.625. The van der Waals surface area contributed by atoms with Gasteiger partial charge < -0.3 is 10.1 Å². The minimum atomic E-state index is 0.798. The van der Waals surface area contributed by atoms with Crippen molar-refractivity contribution in [3.63, 3.8) is 0 Å². The Hall–Kier alpha value is -0.580. The van der Waals surface area contributed by atoms with Crippen LogP contribution in [0.5, 0.6) is 5.75 Å². The number of rotatable bonds is 6. The van der Waals surface area contributed by atoms with Gasteiger partial charge in [0.1, 0.15) is 5.75 Å². The van der Waals surface area contributed by atoms with Crippen LogP contribution in [0.2, 0.25) is 0 Å². The van der Waals surface area contributed by atoms with Gasteiger partial charge in [-0.2, -0.15) is 0 Å². The summed E-state index contributed by atoms with van der Waals surface area (Å²) in [5, 5.41) is 3.44. The molecule has 112 valence electrons. The van der Waals surface area contributed by atoms with Gasteiger partial charge in [-0.05, 0) is 59.6 Å². The molecule has 0 saturated carbocycles. The predicted octanol–water partition coefficient (Wildman–Crippen LogP) is 3.42. The minimum Gasteiger partial charge on any atom is -0.492 e. The molecule has 0 radical (unpaired) electrons. The zero-order valence-corrected chi connectivity index (χ0v) is 13.9. The largest absolute Gasteiger partial charge is 0.492 e. The first-order valence-electron chi connectivity index (χ1n) is 7.64. The Morgan fingerprint density at radius 3 is 3.00 bits per heavy atom. The van der Waals surface area contributed by atoms with E-state index in [9.17, 15) is 0 Å². The summed E-state index contributed by atoms with van der Waals surface area (Å²) in [6.45, 7) is 8.55. The van der Waals surface area contributed by atoms with E-state index in [4.69, 9.17) is 4.74 Å². The molecule has 1 saturated heterocycles. The van der Waals surface area contributed by atoms with Crippen LogP contribution in [-0.2, 0) is 6.54 Å². The highest BCUT2D eigenvalue weighted by atomic mass is 79.9. The summed E-state index contributed by atoms with van der Waals surface area (Å²) in [7, 11) is 0. The van der Waals surface area contributed by atoms with Gasteiger partial charge in [0.2, 0.25) is 0 Å². The number of hydrogen-bond acceptors (Lipinski definition) is 3. The van der Waals surface area contributed by atoms with Gasteiger partial charge in [-0.25, -0.2) is 0 Å². The Kier molecular flexibility index (Phi) is 6.83. The monoisotopic (exact) mass is 340 g/mol. The highest BCUT2D eigenvalue weighted by Crippen LogP contribution is 2.26. The number of nitrogens with zero attached hydrogens (tertiary/aromatic N) is 1. The molecule has 2 rings (SSSR count). The van der Waals surface area contributed by atoms with E-state index >= 15 is 0 Å². The van der Waals surface area contributed by atoms with Gasteiger partial charge in [0.25, 0.3) is 0 Å². The molecule has 0 aliphatic carbocycles. The van der Waals surface area contributed by atoms with Crippen LogP contribution in [0, 0.1) is 0 Å². The van der Waals surface area contributed by atoms with Gasteiger partial charge in [0, 0.05) is 19.6 Å². The molecule has 1 aromatic rings. The number of hydrogen-bond donors (Lipinski definition) is 1. The van der Waals surface area contributed by atoms with Crippen molar-refractivity contribution in [2.75, 3.05) is 32.8 Å². The van der Waals surface area contributed by atoms with E-state index in [1.54, 1.807) is 0 Å². The van der Waals surface area contributed by atoms with Crippen molar-refractivity contribution in [3.05, 3.63) is 28.2 Å². The second kappa shape index (κ2) is 8.65. The maximum Gasteiger partial charge on any atom is 0.133 e. The molecule has 1 N–H and O–H groups in total. The third kappa shape index (κ3) is 5.08. The zero-order chi connectivity index (χ0) is 14.2. The maximum atomic E-state index is 5.77. The maximum absolute atomic E-state index is 5.77. The van der Waals surface area contributed by atoms with E-state index in [0.717, 1.165) is 49.4 Å². The molecular weight excluding hydrogens is 316 g/mol. The lowest BCUT2D eigenvalue weighted by Gasteiger charge is -2.20. The first-order valence-corrected chi connectivity index (χ1v) is 8.43. The van der Waals surface area contributed by atoms with Gasteiger partial charge in [-0.1, -0.05) is 19.4 Å². The van der Waals surface area contributed by atoms with Crippen LogP contribution in [0.3, 0.4) is 0 Å². The molecule has 0 atom stereocenters. The van der Waals surface area contributed by atoms with Crippen LogP contribution < -0.4 is 10.1 Å². The average Bonchev–Trinajstić information content (AvgIpc) is 2.70. The predicted molar refractivity (Wildman–Crippen MR) is 87.3 cm³/mol. The Bertz CT molecular complexity index is 403. The quantitative estimate of drug-likeness (QED) is 0.803. The zero-order valence-electron chi connectivity index (χ0n) is 12.3. The van der Waals surface area contributed by atoms with Gasteiger partial charge >= 0.3 is 0 Å². The van der Waals surface area contributed by atoms with Gasteiger partial charge in [0.15, 0.2) is 0 Å². The highest BCUT2D eigenvalue weighted by molar-refractivity contribution is 9.10. The molecule has 1 aliphatic heterocycles. The molecule has 0 bridgehead atoms. The first kappa shape index (κ1) is 15.8. The second-order valence-corrected chi connectivity index (χ2v) is 6.20. The number of ether oxygens (including phenoxy) is 1. The van der Waals surface area contributed by atoms with Crippen molar-refractivity contribution in [1.29, 1.82) is 0 Å². The average molecular weight is 341 g/mol. The van der Waals surface area contributed by atoms with Crippen molar-refractivity contribution in [1.82, 2.24) is 10.2 Å². The number of benzene rings is 1. The molecule has 0 unspecified atom stereocenters. The normalized spacial score (nSPS) is 16.9. The molecule has 0 spiro atoms. The van der Waals surface area contributed by atoms with Crippen LogP contribution in [0.15, 0.2) is 22.7 Å². The Morgan fingerprint density at radius 1 is 1.30 bits per heavy atom. The molecule has 3 nitrogen and oxygen atoms in total. The third-order valence-corrected chi connectivity index (χ3v) is 4.21. The lowest BCUT2D eigenvalue weighted by Crippen LogP contribution is -2.27. The van der Waals surface area contributed by atoms with Crippen molar-refractivity contribution in [3.8, 4) is 5.75 Å². The van der Waals surface area contributed by atoms with Crippen molar-refractivity contribution < 1.29 is 4.74 Å². The summed E-state index contributed by atoms with van der Waals surface area (Å²) >= 11 is 3.62. The Morgan fingerprint density at radius 2 is 2.20 bits per heavy atom. The molecule has 1 aromatic carbocycles. The molecule has 1 fully saturated rings. The smallest absolute Gasteiger partial charge is 0.133 e. The molecule has 0 amide bonds. The first-order chi connectivity index (χ1) is 9.79. The lowest BCUT2D eigenvalue weighted by molar-refractivity contribution is 0.283. The SMILES string of the molecule is CCCCOc1ccc(CN2CCCNCC2)cc1Br. The van der Waals surface area contributed by atoms with Crippen molar-refractivity contribution in [2.24, 2.45) is 0 Å². The van der Waals surface area contributed by atoms with Gasteiger partial charge in [-0.3, -0.25) is 4.90 Å². The van der Waals surface area contributed by atoms with Crippen LogP contribution in [0.4, 0.5) is 0 Å². The van der Waals surface area contributed by atoms with E-state index in [1.165, 1.54) is 24.9 Å². The third-order valence-electron chi connectivity index (χ3n) is 3.59. The number of nitrogens with one attached hydrogen (secondary N) is 1. The summed E-state index contributed by atoms with van der Waals surface area (Å²) in [4.78, 5) is 2.51. The summed E-state index contributed by atoms with van der Waals surface area (Å²) in [5.74, 6) is 0.958. The summed E-state index contributed by atoms with van der Waals surface area (Å²) in [5.41, 5.74) is 1.35. The number of halogens is 1. The van der Waals surface area contributed by atoms with Gasteiger partial charge in [0.05, 0.1) is 11.1 Å². The van der Waals surface area contributed by atoms with Crippen molar-refractivity contribution in [2.45, 2.75) is 32.7 Å². The Labute approximate surface area is 130 Å². The standard InChI is InChI=1S/C16H25BrN2O/c1-2-3-11-20-16-6-5-14(12-15(16)17)13-19-9-4-7-18-8-10-19/h5-6,12,18H,2-4,7-11,13H2,1H3. The van der Waals surface area contributed by atoms with Crippen molar-refractivity contribution >= 4 is 15.9 Å². The minimum absolute atomic E-state index is 0.798. The summed E-state index contributed by atoms with van der Waals surface area (Å²) in [6, 6.07) is 6.47. The molecule has 0 aromatic heterocycles. The fourth-order valence-corrected chi connectivity index (χ4v) is 2.94. The van der Waals surface area contributed by atoms with Crippen LogP contribution in [-0.4, -0.2) is 37.7 Å². The Balaban J connectivity index is 1.90. The molecule has 20 heavy (non-hydrogen) atoms. The number of unbranched alkanes of at least 4 members (excludes halogenated alkanes) is 1. The van der Waals surface area contributed by atoms with Crippen LogP contribution >= 0.6 is 15.9 Å². The highest BCUT2D eigenvalue weighted by Gasteiger charge is 2.10. The topological polar surface area (TPSA) is 24.5 Å². The molecular formula is C16H25BrN2O. The van der Waals surface area contributed by atoms with Crippen LogP contribution in [0.1, 0.15) is 31.7 Å². The van der Waals surface area contributed by atoms with E-state index in [-0.39, 0.29) is 0 Å². The molecule has 1 heterocycles. The van der Waals surface area contributed by atoms with E-state index in [1.807, 2.05) is 0 Å².